The lowest BCUT2D eigenvalue weighted by Gasteiger charge is -2.27. The fourth-order valence-corrected chi connectivity index (χ4v) is 3.49. The van der Waals surface area contributed by atoms with E-state index in [1.54, 1.807) is 41.5 Å². The summed E-state index contributed by atoms with van der Waals surface area (Å²) in [6, 6.07) is 2.62. The lowest BCUT2D eigenvalue weighted by molar-refractivity contribution is 0.340. The molecule has 0 bridgehead atoms. The van der Waals surface area contributed by atoms with E-state index in [0.717, 1.165) is 0 Å². The molecular formula is C20H22F4O5S. The van der Waals surface area contributed by atoms with Crippen LogP contribution >= 0.6 is 0 Å². The first-order valence-electron chi connectivity index (χ1n) is 8.76. The Balaban J connectivity index is 2.83. The van der Waals surface area contributed by atoms with Gasteiger partial charge in [0, 0.05) is 11.1 Å². The molecule has 5 nitrogen and oxygen atoms in total. The van der Waals surface area contributed by atoms with E-state index in [4.69, 9.17) is 9.29 Å². The maximum Gasteiger partial charge on any atom is 0.300 e. The lowest BCUT2D eigenvalue weighted by atomic mass is 9.81. The minimum absolute atomic E-state index is 0.111. The van der Waals surface area contributed by atoms with Crippen LogP contribution in [0.2, 0.25) is 0 Å². The molecule has 0 saturated carbocycles. The van der Waals surface area contributed by atoms with Gasteiger partial charge in [-0.2, -0.15) is 17.2 Å². The highest BCUT2D eigenvalue weighted by atomic mass is 32.2. The van der Waals surface area contributed by atoms with Gasteiger partial charge in [-0.3, -0.25) is 4.55 Å². The van der Waals surface area contributed by atoms with Gasteiger partial charge in [-0.25, -0.2) is 8.78 Å². The van der Waals surface area contributed by atoms with E-state index in [0.29, 0.717) is 5.56 Å². The fourth-order valence-electron chi connectivity index (χ4n) is 2.86. The van der Waals surface area contributed by atoms with Crippen LogP contribution in [0.5, 0.6) is 17.2 Å². The summed E-state index contributed by atoms with van der Waals surface area (Å²) in [4.78, 5) is -2.15. The zero-order valence-corrected chi connectivity index (χ0v) is 18.0. The van der Waals surface area contributed by atoms with Gasteiger partial charge in [0.05, 0.1) is 0 Å². The van der Waals surface area contributed by atoms with Crippen molar-refractivity contribution in [2.45, 2.75) is 57.3 Å². The Morgan fingerprint density at radius 2 is 1.23 bits per heavy atom. The van der Waals surface area contributed by atoms with Crippen molar-refractivity contribution in [3.05, 3.63) is 46.5 Å². The highest BCUT2D eigenvalue weighted by molar-refractivity contribution is 7.85. The first kappa shape index (κ1) is 23.9. The van der Waals surface area contributed by atoms with Crippen molar-refractivity contribution in [2.75, 3.05) is 0 Å². The van der Waals surface area contributed by atoms with Crippen LogP contribution in [0.4, 0.5) is 17.6 Å². The van der Waals surface area contributed by atoms with Gasteiger partial charge in [0.25, 0.3) is 0 Å². The summed E-state index contributed by atoms with van der Waals surface area (Å²) >= 11 is 0. The second kappa shape index (κ2) is 7.42. The predicted octanol–water partition coefficient (Wildman–Crippen LogP) is 5.58. The largest absolute Gasteiger partial charge is 0.508 e. The van der Waals surface area contributed by atoms with E-state index in [2.05, 4.69) is 0 Å². The lowest BCUT2D eigenvalue weighted by Crippen LogP contribution is -2.17. The Morgan fingerprint density at radius 3 is 1.60 bits per heavy atom. The van der Waals surface area contributed by atoms with Gasteiger partial charge in [-0.1, -0.05) is 41.5 Å². The summed E-state index contributed by atoms with van der Waals surface area (Å²) in [6.07, 6.45) is 0. The maximum absolute atomic E-state index is 14.4. The monoisotopic (exact) mass is 450 g/mol. The zero-order chi connectivity index (χ0) is 23.4. The molecule has 0 aliphatic rings. The third-order valence-electron chi connectivity index (χ3n) is 4.37. The Bertz CT molecular complexity index is 1080. The summed E-state index contributed by atoms with van der Waals surface area (Å²) in [7, 11) is -5.58. The molecule has 0 spiro atoms. The van der Waals surface area contributed by atoms with Crippen LogP contribution in [0.25, 0.3) is 0 Å². The number of halogens is 4. The predicted molar refractivity (Wildman–Crippen MR) is 102 cm³/mol. The van der Waals surface area contributed by atoms with Crippen molar-refractivity contribution in [3.63, 3.8) is 0 Å². The summed E-state index contributed by atoms with van der Waals surface area (Å²) in [6.45, 7) is 10.4. The van der Waals surface area contributed by atoms with E-state index in [1.165, 1.54) is 12.1 Å². The number of benzene rings is 2. The SMILES string of the molecule is CC(C)(C)c1cc(Oc2c(F)c(F)c(S(=O)(=O)O)c(F)c2F)c(C(C)(C)C)cc1O. The number of phenols is 1. The number of rotatable bonds is 3. The summed E-state index contributed by atoms with van der Waals surface area (Å²) in [5.41, 5.74) is -0.740. The molecule has 2 rings (SSSR count). The zero-order valence-electron chi connectivity index (χ0n) is 17.2. The quantitative estimate of drug-likeness (QED) is 0.362. The van der Waals surface area contributed by atoms with Gasteiger partial charge < -0.3 is 9.84 Å². The van der Waals surface area contributed by atoms with E-state index in [1.807, 2.05) is 0 Å². The first-order valence-corrected chi connectivity index (χ1v) is 10.2. The topological polar surface area (TPSA) is 83.8 Å². The van der Waals surface area contributed by atoms with Crippen LogP contribution in [0.1, 0.15) is 52.7 Å². The molecule has 2 aromatic rings. The first-order chi connectivity index (χ1) is 13.4. The molecule has 0 atom stereocenters. The third kappa shape index (κ3) is 4.39. The van der Waals surface area contributed by atoms with E-state index >= 15 is 0 Å². The minimum atomic E-state index is -5.58. The maximum atomic E-state index is 14.4. The van der Waals surface area contributed by atoms with Crippen LogP contribution in [0.3, 0.4) is 0 Å². The molecule has 30 heavy (non-hydrogen) atoms. The molecular weight excluding hydrogens is 428 g/mol. The van der Waals surface area contributed by atoms with Gasteiger partial charge in [0.2, 0.25) is 17.4 Å². The van der Waals surface area contributed by atoms with Crippen molar-refractivity contribution < 1.29 is 40.4 Å². The number of hydrogen-bond acceptors (Lipinski definition) is 4. The molecule has 2 aromatic carbocycles. The van der Waals surface area contributed by atoms with Gasteiger partial charge in [-0.15, -0.1) is 0 Å². The Morgan fingerprint density at radius 1 is 0.800 bits per heavy atom. The summed E-state index contributed by atoms with van der Waals surface area (Å²) < 4.78 is 93.4. The molecule has 0 unspecified atom stereocenters. The normalized spacial score (nSPS) is 12.9. The average Bonchev–Trinajstić information content (AvgIpc) is 2.54. The van der Waals surface area contributed by atoms with Crippen LogP contribution in [-0.4, -0.2) is 18.1 Å². The molecule has 0 amide bonds. The second-order valence-electron chi connectivity index (χ2n) is 8.86. The van der Waals surface area contributed by atoms with Crippen molar-refractivity contribution in [3.8, 4) is 17.2 Å². The molecule has 10 heteroatoms. The Hall–Kier alpha value is -2.33. The molecule has 0 heterocycles. The van der Waals surface area contributed by atoms with Crippen molar-refractivity contribution in [1.82, 2.24) is 0 Å². The molecule has 166 valence electrons. The second-order valence-corrected chi connectivity index (χ2v) is 10.2. The van der Waals surface area contributed by atoms with Crippen LogP contribution in [-0.2, 0) is 20.9 Å². The number of ether oxygens (including phenoxy) is 1. The smallest absolute Gasteiger partial charge is 0.300 e. The highest BCUT2D eigenvalue weighted by Crippen LogP contribution is 2.44. The third-order valence-corrected chi connectivity index (χ3v) is 5.24. The molecule has 0 fully saturated rings. The minimum Gasteiger partial charge on any atom is -0.508 e. The average molecular weight is 450 g/mol. The van der Waals surface area contributed by atoms with Crippen LogP contribution in [0, 0.1) is 23.3 Å². The van der Waals surface area contributed by atoms with E-state index in [9.17, 15) is 31.1 Å². The van der Waals surface area contributed by atoms with Gasteiger partial charge in [0.15, 0.2) is 16.5 Å². The number of hydrogen-bond donors (Lipinski definition) is 2. The molecule has 2 N–H and O–H groups in total. The fraction of sp³-hybridized carbons (Fsp3) is 0.400. The van der Waals surface area contributed by atoms with E-state index < -0.39 is 54.9 Å². The van der Waals surface area contributed by atoms with Crippen molar-refractivity contribution in [1.29, 1.82) is 0 Å². The van der Waals surface area contributed by atoms with E-state index in [-0.39, 0.29) is 17.1 Å². The molecule has 0 aliphatic carbocycles. The number of phenolic OH excluding ortho intramolecular Hbond substituents is 1. The molecule has 0 radical (unpaired) electrons. The summed E-state index contributed by atoms with van der Waals surface area (Å²) in [5, 5.41) is 10.4. The Labute approximate surface area is 172 Å². The molecule has 0 saturated heterocycles. The van der Waals surface area contributed by atoms with Gasteiger partial charge in [-0.05, 0) is 23.0 Å². The summed E-state index contributed by atoms with van der Waals surface area (Å²) in [5.74, 6) is -10.7. The standard InChI is InChI=1S/C20H22F4O5S/c1-19(2,3)9-8-12(10(7-11(9)25)20(4,5)6)29-17-13(21)15(23)18(30(26,27)28)16(24)14(17)22/h7-8,25H,1-6H3,(H,26,27,28). The van der Waals surface area contributed by atoms with Gasteiger partial charge >= 0.3 is 10.1 Å². The van der Waals surface area contributed by atoms with Crippen molar-refractivity contribution >= 4 is 10.1 Å². The Kier molecular flexibility index (Phi) is 5.92. The molecule has 0 aliphatic heterocycles. The van der Waals surface area contributed by atoms with Crippen molar-refractivity contribution in [2.24, 2.45) is 0 Å². The van der Waals surface area contributed by atoms with Gasteiger partial charge in [0.1, 0.15) is 11.5 Å². The highest BCUT2D eigenvalue weighted by Gasteiger charge is 2.34. The van der Waals surface area contributed by atoms with Crippen LogP contribution in [0.15, 0.2) is 17.0 Å². The van der Waals surface area contributed by atoms with Crippen LogP contribution < -0.4 is 4.74 Å². The number of aromatic hydroxyl groups is 1. The molecule has 0 aromatic heterocycles.